The summed E-state index contributed by atoms with van der Waals surface area (Å²) in [6, 6.07) is 4.20. The van der Waals surface area contributed by atoms with Crippen molar-refractivity contribution < 1.29 is 0 Å². The molecule has 74 valence electrons. The van der Waals surface area contributed by atoms with Crippen LogP contribution < -0.4 is 0 Å². The van der Waals surface area contributed by atoms with Crippen LogP contribution >= 0.6 is 0 Å². The lowest BCUT2D eigenvalue weighted by Gasteiger charge is -2.19. The second-order valence-corrected chi connectivity index (χ2v) is 3.74. The van der Waals surface area contributed by atoms with Crippen molar-refractivity contribution in [1.29, 1.82) is 5.26 Å². The Bertz CT molecular complexity index is 358. The molecule has 0 saturated heterocycles. The Morgan fingerprint density at radius 3 is 2.50 bits per heavy atom. The van der Waals surface area contributed by atoms with Gasteiger partial charge in [0.1, 0.15) is 5.82 Å². The minimum atomic E-state index is -0.488. The molecule has 3 heteroatoms. The van der Waals surface area contributed by atoms with Crippen molar-refractivity contribution in [2.24, 2.45) is 0 Å². The molecule has 0 bridgehead atoms. The van der Waals surface area contributed by atoms with E-state index in [-0.39, 0.29) is 0 Å². The van der Waals surface area contributed by atoms with Crippen LogP contribution in [0.1, 0.15) is 37.5 Å². The molecule has 3 nitrogen and oxygen atoms in total. The lowest BCUT2D eigenvalue weighted by atomic mass is 9.85. The van der Waals surface area contributed by atoms with Gasteiger partial charge in [0.2, 0.25) is 0 Å². The maximum Gasteiger partial charge on any atom is 0.125 e. The van der Waals surface area contributed by atoms with Crippen molar-refractivity contribution in [2.45, 2.75) is 39.5 Å². The first kappa shape index (κ1) is 10.6. The molecule has 1 rings (SSSR count). The van der Waals surface area contributed by atoms with Gasteiger partial charge in [-0.1, -0.05) is 6.92 Å². The van der Waals surface area contributed by atoms with Gasteiger partial charge in [0.05, 0.1) is 17.2 Å². The summed E-state index contributed by atoms with van der Waals surface area (Å²) < 4.78 is 0. The molecule has 1 atom stereocenters. The van der Waals surface area contributed by atoms with Crippen molar-refractivity contribution in [3.8, 4) is 6.07 Å². The third-order valence-electron chi connectivity index (χ3n) is 2.49. The minimum absolute atomic E-state index is 0.488. The first-order valence-corrected chi connectivity index (χ1v) is 4.76. The standard InChI is InChI=1S/C11H15N3/c1-5-11(4,7-12)10-6-8(2)13-9(3)14-10/h6H,5H2,1-4H3. The van der Waals surface area contributed by atoms with E-state index in [9.17, 15) is 0 Å². The van der Waals surface area contributed by atoms with E-state index in [1.807, 2.05) is 33.8 Å². The molecule has 1 aromatic heterocycles. The van der Waals surface area contributed by atoms with Crippen LogP contribution in [0.25, 0.3) is 0 Å². The summed E-state index contributed by atoms with van der Waals surface area (Å²) in [6.45, 7) is 7.68. The number of hydrogen-bond acceptors (Lipinski definition) is 3. The van der Waals surface area contributed by atoms with Gasteiger partial charge in [-0.2, -0.15) is 5.26 Å². The van der Waals surface area contributed by atoms with Crippen molar-refractivity contribution >= 4 is 0 Å². The number of hydrogen-bond donors (Lipinski definition) is 0. The predicted octanol–water partition coefficient (Wildman–Crippen LogP) is 2.28. The molecule has 1 unspecified atom stereocenters. The number of aromatic nitrogens is 2. The van der Waals surface area contributed by atoms with E-state index >= 15 is 0 Å². The topological polar surface area (TPSA) is 49.6 Å². The highest BCUT2D eigenvalue weighted by molar-refractivity contribution is 5.26. The highest BCUT2D eigenvalue weighted by atomic mass is 14.9. The van der Waals surface area contributed by atoms with Gasteiger partial charge in [-0.05, 0) is 33.3 Å². The predicted molar refractivity (Wildman–Crippen MR) is 54.8 cm³/mol. The van der Waals surface area contributed by atoms with Gasteiger partial charge < -0.3 is 0 Å². The lowest BCUT2D eigenvalue weighted by Crippen LogP contribution is -2.21. The molecule has 0 saturated carbocycles. The van der Waals surface area contributed by atoms with E-state index in [4.69, 9.17) is 5.26 Å². The summed E-state index contributed by atoms with van der Waals surface area (Å²) in [6.07, 6.45) is 0.763. The van der Waals surface area contributed by atoms with Crippen LogP contribution in [0, 0.1) is 25.2 Å². The van der Waals surface area contributed by atoms with Gasteiger partial charge >= 0.3 is 0 Å². The van der Waals surface area contributed by atoms with E-state index in [1.165, 1.54) is 0 Å². The third-order valence-corrected chi connectivity index (χ3v) is 2.49. The molecule has 1 aromatic rings. The fourth-order valence-corrected chi connectivity index (χ4v) is 1.32. The summed E-state index contributed by atoms with van der Waals surface area (Å²) in [5.41, 5.74) is 1.26. The first-order valence-electron chi connectivity index (χ1n) is 4.76. The first-order chi connectivity index (χ1) is 6.51. The number of aryl methyl sites for hydroxylation is 2. The molecule has 0 aliphatic carbocycles. The van der Waals surface area contributed by atoms with Crippen LogP contribution in [-0.4, -0.2) is 9.97 Å². The van der Waals surface area contributed by atoms with E-state index in [0.717, 1.165) is 23.6 Å². The fraction of sp³-hybridized carbons (Fsp3) is 0.545. The monoisotopic (exact) mass is 189 g/mol. The summed E-state index contributed by atoms with van der Waals surface area (Å²) in [5.74, 6) is 0.731. The molecule has 0 aliphatic rings. The number of nitrogens with zero attached hydrogens (tertiary/aromatic N) is 3. The average Bonchev–Trinajstić information content (AvgIpc) is 2.15. The smallest absolute Gasteiger partial charge is 0.125 e. The zero-order valence-electron chi connectivity index (χ0n) is 9.13. The molecule has 0 amide bonds. The molecule has 0 spiro atoms. The Hall–Kier alpha value is -1.43. The van der Waals surface area contributed by atoms with Crippen LogP contribution in [-0.2, 0) is 5.41 Å². The summed E-state index contributed by atoms with van der Waals surface area (Å²) in [5, 5.41) is 9.11. The highest BCUT2D eigenvalue weighted by Crippen LogP contribution is 2.25. The second-order valence-electron chi connectivity index (χ2n) is 3.74. The Labute approximate surface area is 84.8 Å². The zero-order valence-corrected chi connectivity index (χ0v) is 9.13. The Morgan fingerprint density at radius 1 is 1.43 bits per heavy atom. The van der Waals surface area contributed by atoms with Gasteiger partial charge in [-0.3, -0.25) is 0 Å². The minimum Gasteiger partial charge on any atom is -0.239 e. The number of rotatable bonds is 2. The zero-order chi connectivity index (χ0) is 10.8. The largest absolute Gasteiger partial charge is 0.239 e. The quantitative estimate of drug-likeness (QED) is 0.717. The Balaban J connectivity index is 3.26. The summed E-state index contributed by atoms with van der Waals surface area (Å²) in [7, 11) is 0. The van der Waals surface area contributed by atoms with Gasteiger partial charge in [-0.15, -0.1) is 0 Å². The highest BCUT2D eigenvalue weighted by Gasteiger charge is 2.26. The van der Waals surface area contributed by atoms with Crippen LogP contribution in [0.4, 0.5) is 0 Å². The molecule has 0 aliphatic heterocycles. The van der Waals surface area contributed by atoms with Crippen LogP contribution in [0.5, 0.6) is 0 Å². The maximum atomic E-state index is 9.11. The van der Waals surface area contributed by atoms with Gasteiger partial charge in [0.15, 0.2) is 0 Å². The molecular formula is C11H15N3. The van der Waals surface area contributed by atoms with Crippen LogP contribution in [0.2, 0.25) is 0 Å². The van der Waals surface area contributed by atoms with Crippen LogP contribution in [0.3, 0.4) is 0 Å². The SMILES string of the molecule is CCC(C)(C#N)c1cc(C)nc(C)n1. The molecule has 0 N–H and O–H groups in total. The van der Waals surface area contributed by atoms with Crippen LogP contribution in [0.15, 0.2) is 6.07 Å². The Morgan fingerprint density at radius 2 is 2.07 bits per heavy atom. The second kappa shape index (κ2) is 3.75. The Kier molecular flexibility index (Phi) is 2.85. The van der Waals surface area contributed by atoms with E-state index < -0.39 is 5.41 Å². The summed E-state index contributed by atoms with van der Waals surface area (Å²) >= 11 is 0. The third kappa shape index (κ3) is 1.90. The van der Waals surface area contributed by atoms with Gasteiger partial charge in [-0.25, -0.2) is 9.97 Å². The number of nitriles is 1. The molecule has 0 fully saturated rings. The van der Waals surface area contributed by atoms with Gasteiger partial charge in [0, 0.05) is 5.69 Å². The van der Waals surface area contributed by atoms with Crippen molar-refractivity contribution in [1.82, 2.24) is 9.97 Å². The van der Waals surface area contributed by atoms with Gasteiger partial charge in [0.25, 0.3) is 0 Å². The molecular weight excluding hydrogens is 174 g/mol. The molecule has 0 aromatic carbocycles. The lowest BCUT2D eigenvalue weighted by molar-refractivity contribution is 0.563. The van der Waals surface area contributed by atoms with E-state index in [1.54, 1.807) is 0 Å². The maximum absolute atomic E-state index is 9.11. The van der Waals surface area contributed by atoms with Crippen molar-refractivity contribution in [3.63, 3.8) is 0 Å². The van der Waals surface area contributed by atoms with Crippen molar-refractivity contribution in [3.05, 3.63) is 23.3 Å². The van der Waals surface area contributed by atoms with E-state index in [2.05, 4.69) is 16.0 Å². The van der Waals surface area contributed by atoms with Crippen molar-refractivity contribution in [2.75, 3.05) is 0 Å². The van der Waals surface area contributed by atoms with E-state index in [0.29, 0.717) is 0 Å². The fourth-order valence-electron chi connectivity index (χ4n) is 1.32. The molecule has 1 heterocycles. The molecule has 0 radical (unpaired) electrons. The average molecular weight is 189 g/mol. The normalized spacial score (nSPS) is 14.5. The summed E-state index contributed by atoms with van der Waals surface area (Å²) in [4.78, 5) is 8.51. The molecule has 14 heavy (non-hydrogen) atoms.